The third-order valence-corrected chi connectivity index (χ3v) is 4.82. The van der Waals surface area contributed by atoms with E-state index in [1.807, 2.05) is 0 Å². The molecule has 1 amide bonds. The molecular formula is C19H17BrINO6. The third kappa shape index (κ3) is 6.50. The molecular weight excluding hydrogens is 545 g/mol. The number of benzene rings is 2. The van der Waals surface area contributed by atoms with Gasteiger partial charge < -0.3 is 19.7 Å². The Morgan fingerprint density at radius 3 is 2.50 bits per heavy atom. The quantitative estimate of drug-likeness (QED) is 0.334. The van der Waals surface area contributed by atoms with Gasteiger partial charge in [-0.3, -0.25) is 5.32 Å². The van der Waals surface area contributed by atoms with Gasteiger partial charge in [0.2, 0.25) is 0 Å². The van der Waals surface area contributed by atoms with E-state index in [2.05, 4.69) is 43.8 Å². The number of phenols is 1. The van der Waals surface area contributed by atoms with Gasteiger partial charge in [-0.1, -0.05) is 15.9 Å². The van der Waals surface area contributed by atoms with Crippen LogP contribution in [-0.4, -0.2) is 35.5 Å². The summed E-state index contributed by atoms with van der Waals surface area (Å²) in [5.74, 6) is -1.28. The summed E-state index contributed by atoms with van der Waals surface area (Å²) in [6.07, 6.45) is -0.653. The van der Waals surface area contributed by atoms with Crippen LogP contribution < -0.4 is 5.32 Å². The number of methoxy groups -OCH3 is 1. The first kappa shape index (κ1) is 22.2. The molecule has 0 bridgehead atoms. The van der Waals surface area contributed by atoms with Crippen LogP contribution in [0.1, 0.15) is 11.7 Å². The van der Waals surface area contributed by atoms with Gasteiger partial charge in [0.25, 0.3) is 0 Å². The van der Waals surface area contributed by atoms with Gasteiger partial charge in [0.05, 0.1) is 0 Å². The molecule has 2 atom stereocenters. The van der Waals surface area contributed by atoms with Crippen molar-refractivity contribution in [2.45, 2.75) is 12.2 Å². The van der Waals surface area contributed by atoms with Crippen molar-refractivity contribution in [3.05, 3.63) is 68.2 Å². The highest BCUT2D eigenvalue weighted by Gasteiger charge is 2.28. The lowest BCUT2D eigenvalue weighted by molar-refractivity contribution is -0.131. The minimum Gasteiger partial charge on any atom is -0.508 e. The van der Waals surface area contributed by atoms with E-state index in [9.17, 15) is 14.7 Å². The molecule has 9 heteroatoms. The molecule has 2 aromatic carbocycles. The number of carbonyl (C=O) groups excluding carboxylic acids is 1. The van der Waals surface area contributed by atoms with Crippen LogP contribution in [0.5, 0.6) is 5.75 Å². The zero-order chi connectivity index (χ0) is 20.7. The number of nitrogens with one attached hydrogen (secondary N) is 1. The maximum Gasteiger partial charge on any atom is 0.412 e. The average molecular weight is 562 g/mol. The van der Waals surface area contributed by atoms with Gasteiger partial charge >= 0.3 is 12.1 Å². The topological polar surface area (TPSA) is 105 Å². The Balaban J connectivity index is 2.31. The van der Waals surface area contributed by atoms with Crippen molar-refractivity contribution in [1.29, 1.82) is 0 Å². The summed E-state index contributed by atoms with van der Waals surface area (Å²) >= 11 is 5.36. The molecule has 7 nitrogen and oxygen atoms in total. The molecule has 2 rings (SSSR count). The zero-order valence-corrected chi connectivity index (χ0v) is 18.4. The molecule has 0 fully saturated rings. The van der Waals surface area contributed by atoms with Crippen molar-refractivity contribution < 1.29 is 29.3 Å². The van der Waals surface area contributed by atoms with E-state index in [0.717, 1.165) is 14.1 Å². The summed E-state index contributed by atoms with van der Waals surface area (Å²) in [4.78, 5) is 23.3. The van der Waals surface area contributed by atoms with Gasteiger partial charge in [0.1, 0.15) is 11.9 Å². The summed E-state index contributed by atoms with van der Waals surface area (Å²) in [5.41, 5.74) is 0.800. The molecule has 2 aromatic rings. The van der Waals surface area contributed by atoms with Crippen LogP contribution in [0.4, 0.5) is 10.5 Å². The molecule has 0 heterocycles. The van der Waals surface area contributed by atoms with Gasteiger partial charge in [-0.25, -0.2) is 9.59 Å². The largest absolute Gasteiger partial charge is 0.508 e. The predicted octanol–water partition coefficient (Wildman–Crippen LogP) is 4.70. The Labute approximate surface area is 183 Å². The van der Waals surface area contributed by atoms with E-state index in [4.69, 9.17) is 14.6 Å². The Hall–Kier alpha value is -2.11. The number of halogens is 2. The number of phenolic OH excluding ortho intramolecular Hbond substituents is 1. The highest BCUT2D eigenvalue weighted by molar-refractivity contribution is 14.1. The second-order valence-corrected chi connectivity index (χ2v) is 7.72. The van der Waals surface area contributed by atoms with Crippen LogP contribution in [-0.2, 0) is 14.3 Å². The molecule has 0 aliphatic heterocycles. The maximum atomic E-state index is 12.4. The number of carbonyl (C=O) groups is 2. The normalized spacial score (nSPS) is 13.1. The smallest absolute Gasteiger partial charge is 0.412 e. The summed E-state index contributed by atoms with van der Waals surface area (Å²) in [6, 6.07) is 11.7. The second-order valence-electron chi connectivity index (χ2n) is 5.56. The van der Waals surface area contributed by atoms with Crippen molar-refractivity contribution in [2.75, 3.05) is 12.4 Å². The fraction of sp³-hybridized carbons (Fsp3) is 0.158. The lowest BCUT2D eigenvalue weighted by Crippen LogP contribution is -2.27. The SMILES string of the molecule is CO[C@H](/C=C/C(=O)O)[C@H](OC(=O)Nc1ccc(Br)cc1)c1cc(I)ccc1O. The first-order valence-corrected chi connectivity index (χ1v) is 9.83. The van der Waals surface area contributed by atoms with E-state index in [-0.39, 0.29) is 5.75 Å². The summed E-state index contributed by atoms with van der Waals surface area (Å²) in [7, 11) is 1.35. The fourth-order valence-electron chi connectivity index (χ4n) is 2.34. The Kier molecular flexibility index (Phi) is 8.27. The Morgan fingerprint density at radius 1 is 1.21 bits per heavy atom. The van der Waals surface area contributed by atoms with Gasteiger partial charge in [-0.15, -0.1) is 0 Å². The number of anilines is 1. The van der Waals surface area contributed by atoms with Crippen molar-refractivity contribution >= 4 is 56.3 Å². The van der Waals surface area contributed by atoms with E-state index in [1.54, 1.807) is 36.4 Å². The number of hydrogen-bond acceptors (Lipinski definition) is 5. The number of carboxylic acid groups (broad SMARTS) is 1. The van der Waals surface area contributed by atoms with Gasteiger partial charge in [-0.2, -0.15) is 0 Å². The predicted molar refractivity (Wildman–Crippen MR) is 115 cm³/mol. The van der Waals surface area contributed by atoms with E-state index >= 15 is 0 Å². The lowest BCUT2D eigenvalue weighted by Gasteiger charge is -2.25. The molecule has 0 spiro atoms. The van der Waals surface area contributed by atoms with Crippen LogP contribution >= 0.6 is 38.5 Å². The number of aliphatic carboxylic acids is 1. The zero-order valence-electron chi connectivity index (χ0n) is 14.6. The number of carboxylic acids is 1. The maximum absolute atomic E-state index is 12.4. The van der Waals surface area contributed by atoms with Crippen LogP contribution in [0.2, 0.25) is 0 Å². The Bertz CT molecular complexity index is 871. The first-order chi connectivity index (χ1) is 13.3. The summed E-state index contributed by atoms with van der Waals surface area (Å²) in [5, 5.41) is 21.7. The Morgan fingerprint density at radius 2 is 1.89 bits per heavy atom. The number of rotatable bonds is 7. The van der Waals surface area contributed by atoms with Crippen LogP contribution in [0, 0.1) is 3.57 Å². The summed E-state index contributed by atoms with van der Waals surface area (Å²) < 4.78 is 12.5. The average Bonchev–Trinajstić information content (AvgIpc) is 2.65. The van der Waals surface area contributed by atoms with Crippen molar-refractivity contribution in [1.82, 2.24) is 0 Å². The monoisotopic (exact) mass is 561 g/mol. The molecule has 0 saturated carbocycles. The number of aromatic hydroxyl groups is 1. The van der Waals surface area contributed by atoms with E-state index in [1.165, 1.54) is 19.3 Å². The molecule has 3 N–H and O–H groups in total. The highest BCUT2D eigenvalue weighted by atomic mass is 127. The lowest BCUT2D eigenvalue weighted by atomic mass is 10.0. The molecule has 28 heavy (non-hydrogen) atoms. The van der Waals surface area contributed by atoms with Crippen LogP contribution in [0.25, 0.3) is 0 Å². The fourth-order valence-corrected chi connectivity index (χ4v) is 3.12. The second kappa shape index (κ2) is 10.4. The standard InChI is InChI=1S/C19H17BrINO6/c1-27-16(8-9-17(24)25)18(14-10-12(21)4-7-15(14)23)28-19(26)22-13-5-2-11(20)3-6-13/h2-10,16,18,23H,1H3,(H,22,26)(H,24,25)/b9-8+/t16-,18-/m1/s1. The number of hydrogen-bond donors (Lipinski definition) is 3. The van der Waals surface area contributed by atoms with Gasteiger partial charge in [-0.05, 0) is 71.1 Å². The minimum absolute atomic E-state index is 0.104. The van der Waals surface area contributed by atoms with Gasteiger partial charge in [0, 0.05) is 32.5 Å². The molecule has 148 valence electrons. The van der Waals surface area contributed by atoms with Crippen LogP contribution in [0.15, 0.2) is 59.1 Å². The first-order valence-electron chi connectivity index (χ1n) is 7.95. The van der Waals surface area contributed by atoms with Crippen molar-refractivity contribution in [3.8, 4) is 5.75 Å². The number of amides is 1. The van der Waals surface area contributed by atoms with Crippen molar-refractivity contribution in [3.63, 3.8) is 0 Å². The molecule has 0 radical (unpaired) electrons. The minimum atomic E-state index is -1.17. The number of ether oxygens (including phenoxy) is 2. The van der Waals surface area contributed by atoms with E-state index in [0.29, 0.717) is 11.3 Å². The molecule has 0 aromatic heterocycles. The van der Waals surface area contributed by atoms with E-state index < -0.39 is 24.3 Å². The van der Waals surface area contributed by atoms with Gasteiger partial charge in [0.15, 0.2) is 6.10 Å². The molecule has 0 aliphatic rings. The third-order valence-electron chi connectivity index (χ3n) is 3.62. The molecule has 0 aliphatic carbocycles. The highest BCUT2D eigenvalue weighted by Crippen LogP contribution is 2.33. The molecule has 0 unspecified atom stereocenters. The van der Waals surface area contributed by atoms with Crippen molar-refractivity contribution in [2.24, 2.45) is 0 Å². The molecule has 0 saturated heterocycles. The van der Waals surface area contributed by atoms with Crippen LogP contribution in [0.3, 0.4) is 0 Å². The summed E-state index contributed by atoms with van der Waals surface area (Å²) in [6.45, 7) is 0.